The van der Waals surface area contributed by atoms with E-state index >= 15 is 0 Å². The first-order chi connectivity index (χ1) is 8.12. The number of thioether (sulfide) groups is 1. The van der Waals surface area contributed by atoms with Crippen LogP contribution in [0.2, 0.25) is 0 Å². The fourth-order valence-electron chi connectivity index (χ4n) is 1.52. The highest BCUT2D eigenvalue weighted by molar-refractivity contribution is 7.98. The van der Waals surface area contributed by atoms with Gasteiger partial charge >= 0.3 is 0 Å². The Morgan fingerprint density at radius 2 is 2.12 bits per heavy atom. The van der Waals surface area contributed by atoms with Crippen LogP contribution in [0, 0.1) is 0 Å². The minimum absolute atomic E-state index is 1.08. The van der Waals surface area contributed by atoms with E-state index in [0.29, 0.717) is 0 Å². The summed E-state index contributed by atoms with van der Waals surface area (Å²) in [6.07, 6.45) is 5.05. The third-order valence-electron chi connectivity index (χ3n) is 2.95. The van der Waals surface area contributed by atoms with Gasteiger partial charge in [-0.05, 0) is 44.2 Å². The Balaban J connectivity index is 3.07. The summed E-state index contributed by atoms with van der Waals surface area (Å²) in [7, 11) is 0. The fourth-order valence-corrected chi connectivity index (χ4v) is 2.06. The molecule has 0 unspecified atom stereocenters. The summed E-state index contributed by atoms with van der Waals surface area (Å²) in [5, 5.41) is 3.50. The number of hydrogen-bond donors (Lipinski definition) is 1. The van der Waals surface area contributed by atoms with Gasteiger partial charge in [0, 0.05) is 10.6 Å². The fraction of sp³-hybridized carbons (Fsp3) is 0.333. The van der Waals surface area contributed by atoms with Crippen molar-refractivity contribution in [2.24, 2.45) is 0 Å². The van der Waals surface area contributed by atoms with Gasteiger partial charge in [0.2, 0.25) is 0 Å². The highest BCUT2D eigenvalue weighted by Crippen LogP contribution is 2.28. The molecule has 1 aromatic carbocycles. The molecular weight excluding hydrogens is 226 g/mol. The minimum Gasteiger partial charge on any atom is -0.358 e. The number of anilines is 1. The number of benzene rings is 1. The third-order valence-corrected chi connectivity index (χ3v) is 3.75. The van der Waals surface area contributed by atoms with Gasteiger partial charge in [-0.25, -0.2) is 0 Å². The van der Waals surface area contributed by atoms with Gasteiger partial charge in [-0.15, -0.1) is 11.8 Å². The second-order valence-electron chi connectivity index (χ2n) is 4.05. The molecule has 0 aromatic heterocycles. The Labute approximate surface area is 109 Å². The molecule has 0 spiro atoms. The summed E-state index contributed by atoms with van der Waals surface area (Å²) in [4.78, 5) is 1.26. The molecular formula is C15H21NS. The Hall–Kier alpha value is -1.15. The lowest BCUT2D eigenvalue weighted by molar-refractivity contribution is 1.05. The van der Waals surface area contributed by atoms with Crippen LogP contribution < -0.4 is 5.32 Å². The molecule has 2 heteroatoms. The molecule has 0 bridgehead atoms. The first-order valence-corrected chi connectivity index (χ1v) is 7.08. The second kappa shape index (κ2) is 6.55. The minimum atomic E-state index is 1.08. The van der Waals surface area contributed by atoms with E-state index in [-0.39, 0.29) is 0 Å². The summed E-state index contributed by atoms with van der Waals surface area (Å²) in [6, 6.07) is 6.37. The predicted octanol–water partition coefficient (Wildman–Crippen LogP) is 5.17. The van der Waals surface area contributed by atoms with Crippen LogP contribution >= 0.6 is 11.8 Å². The molecule has 0 fully saturated rings. The van der Waals surface area contributed by atoms with Gasteiger partial charge in [0.25, 0.3) is 0 Å². The molecule has 1 rings (SSSR count). The highest BCUT2D eigenvalue weighted by atomic mass is 32.2. The number of hydrogen-bond acceptors (Lipinski definition) is 2. The van der Waals surface area contributed by atoms with E-state index in [1.807, 2.05) is 6.08 Å². The van der Waals surface area contributed by atoms with Crippen molar-refractivity contribution in [1.29, 1.82) is 0 Å². The number of nitrogens with one attached hydrogen (secondary N) is 1. The molecule has 0 aliphatic rings. The predicted molar refractivity (Wildman–Crippen MR) is 80.6 cm³/mol. The van der Waals surface area contributed by atoms with E-state index in [1.54, 1.807) is 11.8 Å². The Kier molecular flexibility index (Phi) is 5.36. The lowest BCUT2D eigenvalue weighted by Crippen LogP contribution is -2.00. The molecule has 0 atom stereocenters. The molecule has 0 saturated carbocycles. The smallest absolute Gasteiger partial charge is 0.0525 e. The van der Waals surface area contributed by atoms with Crippen LogP contribution in [0.25, 0.3) is 6.08 Å². The molecule has 1 nitrogen and oxygen atoms in total. The molecule has 0 heterocycles. The summed E-state index contributed by atoms with van der Waals surface area (Å²) in [5.41, 5.74) is 4.94. The summed E-state index contributed by atoms with van der Waals surface area (Å²) < 4.78 is 0. The van der Waals surface area contributed by atoms with E-state index in [2.05, 4.69) is 57.1 Å². The molecule has 1 N–H and O–H groups in total. The zero-order valence-corrected chi connectivity index (χ0v) is 11.9. The van der Waals surface area contributed by atoms with E-state index < -0.39 is 0 Å². The number of rotatable bonds is 5. The van der Waals surface area contributed by atoms with Crippen molar-refractivity contribution in [3.05, 3.63) is 41.6 Å². The van der Waals surface area contributed by atoms with E-state index in [4.69, 9.17) is 0 Å². The topological polar surface area (TPSA) is 12.0 Å². The van der Waals surface area contributed by atoms with Gasteiger partial charge in [-0.1, -0.05) is 31.2 Å². The maximum absolute atomic E-state index is 3.81. The van der Waals surface area contributed by atoms with E-state index in [9.17, 15) is 0 Å². The van der Waals surface area contributed by atoms with Crippen LogP contribution in [0.4, 0.5) is 5.69 Å². The zero-order chi connectivity index (χ0) is 12.8. The SMILES string of the molecule is C=Cc1ccc(SC)c(N/C(C)=C(\C)CC)c1. The molecule has 17 heavy (non-hydrogen) atoms. The molecule has 0 saturated heterocycles. The maximum Gasteiger partial charge on any atom is 0.0525 e. The van der Waals surface area contributed by atoms with Crippen molar-refractivity contribution in [2.75, 3.05) is 11.6 Å². The van der Waals surface area contributed by atoms with Crippen LogP contribution in [-0.4, -0.2) is 6.26 Å². The average molecular weight is 247 g/mol. The Morgan fingerprint density at radius 1 is 1.41 bits per heavy atom. The molecule has 0 aliphatic carbocycles. The van der Waals surface area contributed by atoms with Crippen LogP contribution in [0.3, 0.4) is 0 Å². The first-order valence-electron chi connectivity index (χ1n) is 5.86. The lowest BCUT2D eigenvalue weighted by atomic mass is 10.1. The number of allylic oxidation sites excluding steroid dienone is 2. The van der Waals surface area contributed by atoms with Gasteiger partial charge < -0.3 is 5.32 Å². The summed E-state index contributed by atoms with van der Waals surface area (Å²) in [5.74, 6) is 0. The van der Waals surface area contributed by atoms with Gasteiger partial charge in [-0.3, -0.25) is 0 Å². The average Bonchev–Trinajstić information content (AvgIpc) is 2.37. The van der Waals surface area contributed by atoms with Gasteiger partial charge in [-0.2, -0.15) is 0 Å². The quantitative estimate of drug-likeness (QED) is 0.721. The van der Waals surface area contributed by atoms with Crippen molar-refractivity contribution >= 4 is 23.5 Å². The van der Waals surface area contributed by atoms with Gasteiger partial charge in [0.05, 0.1) is 5.69 Å². The normalized spacial score (nSPS) is 12.0. The molecule has 0 radical (unpaired) electrons. The van der Waals surface area contributed by atoms with E-state index in [1.165, 1.54) is 21.9 Å². The van der Waals surface area contributed by atoms with Gasteiger partial charge in [0.15, 0.2) is 0 Å². The monoisotopic (exact) mass is 247 g/mol. The maximum atomic E-state index is 3.81. The largest absolute Gasteiger partial charge is 0.358 e. The molecule has 1 aromatic rings. The van der Waals surface area contributed by atoms with E-state index in [0.717, 1.165) is 12.0 Å². The highest BCUT2D eigenvalue weighted by Gasteiger charge is 2.03. The van der Waals surface area contributed by atoms with Crippen molar-refractivity contribution in [1.82, 2.24) is 0 Å². The van der Waals surface area contributed by atoms with Crippen molar-refractivity contribution in [3.63, 3.8) is 0 Å². The lowest BCUT2D eigenvalue weighted by Gasteiger charge is -2.14. The van der Waals surface area contributed by atoms with Gasteiger partial charge in [0.1, 0.15) is 0 Å². The molecule has 0 amide bonds. The van der Waals surface area contributed by atoms with Crippen LogP contribution in [0.5, 0.6) is 0 Å². The molecule has 92 valence electrons. The van der Waals surface area contributed by atoms with Crippen LogP contribution in [-0.2, 0) is 0 Å². The molecule has 0 aliphatic heterocycles. The standard InChI is InChI=1S/C15H21NS/c1-6-11(3)12(4)16-14-10-13(7-2)8-9-15(14)17-5/h7-10,16H,2,6H2,1,3-5H3/b12-11+. The second-order valence-corrected chi connectivity index (χ2v) is 4.90. The van der Waals surface area contributed by atoms with Crippen molar-refractivity contribution < 1.29 is 0 Å². The Bertz CT molecular complexity index is 433. The van der Waals surface area contributed by atoms with Crippen LogP contribution in [0.1, 0.15) is 32.8 Å². The Morgan fingerprint density at radius 3 is 2.65 bits per heavy atom. The third kappa shape index (κ3) is 3.67. The van der Waals surface area contributed by atoms with Crippen molar-refractivity contribution in [3.8, 4) is 0 Å². The zero-order valence-electron chi connectivity index (χ0n) is 11.1. The van der Waals surface area contributed by atoms with Crippen molar-refractivity contribution in [2.45, 2.75) is 32.1 Å². The first kappa shape index (κ1) is 13.9. The summed E-state index contributed by atoms with van der Waals surface area (Å²) in [6.45, 7) is 10.3. The van der Waals surface area contributed by atoms with Crippen LogP contribution in [0.15, 0.2) is 40.9 Å². The summed E-state index contributed by atoms with van der Waals surface area (Å²) >= 11 is 1.76.